The van der Waals surface area contributed by atoms with Gasteiger partial charge in [-0.05, 0) is 32.4 Å². The van der Waals surface area contributed by atoms with Crippen LogP contribution in [0.2, 0.25) is 0 Å². The first-order valence-corrected chi connectivity index (χ1v) is 8.12. The summed E-state index contributed by atoms with van der Waals surface area (Å²) in [4.78, 5) is 0. The van der Waals surface area contributed by atoms with Gasteiger partial charge in [-0.1, -0.05) is 0 Å². The predicted molar refractivity (Wildman–Crippen MR) is 69.6 cm³/mol. The van der Waals surface area contributed by atoms with Crippen molar-refractivity contribution in [1.82, 2.24) is 10.0 Å². The molecule has 98 valence electrons. The quantitative estimate of drug-likeness (QED) is 0.779. The molecule has 5 nitrogen and oxygen atoms in total. The Balaban J connectivity index is 2.75. The van der Waals surface area contributed by atoms with Gasteiger partial charge in [-0.2, -0.15) is 11.8 Å². The van der Waals surface area contributed by atoms with Crippen LogP contribution in [0.15, 0.2) is 21.6 Å². The third kappa shape index (κ3) is 4.34. The van der Waals surface area contributed by atoms with Crippen LogP contribution in [0.5, 0.6) is 0 Å². The lowest BCUT2D eigenvalue weighted by molar-refractivity contribution is 0.403. The van der Waals surface area contributed by atoms with Gasteiger partial charge in [0.25, 0.3) is 10.0 Å². The van der Waals surface area contributed by atoms with Gasteiger partial charge < -0.3 is 9.73 Å². The van der Waals surface area contributed by atoms with E-state index in [9.17, 15) is 8.42 Å². The number of furan rings is 1. The maximum atomic E-state index is 11.9. The highest BCUT2D eigenvalue weighted by Crippen LogP contribution is 2.14. The average Bonchev–Trinajstić information content (AvgIpc) is 2.67. The van der Waals surface area contributed by atoms with Gasteiger partial charge in [0.1, 0.15) is 5.76 Å². The molecule has 1 heterocycles. The average molecular weight is 278 g/mol. The summed E-state index contributed by atoms with van der Waals surface area (Å²) in [7, 11) is -1.76. The molecule has 0 amide bonds. The largest absolute Gasteiger partial charge is 0.447 e. The van der Waals surface area contributed by atoms with Gasteiger partial charge in [0.05, 0.1) is 6.54 Å². The molecule has 17 heavy (non-hydrogen) atoms. The molecule has 0 saturated heterocycles. The smallest absolute Gasteiger partial charge is 0.274 e. The molecule has 0 aliphatic carbocycles. The van der Waals surface area contributed by atoms with Crippen molar-refractivity contribution in [1.29, 1.82) is 0 Å². The van der Waals surface area contributed by atoms with Crippen LogP contribution in [0.3, 0.4) is 0 Å². The molecule has 0 aliphatic rings. The zero-order valence-corrected chi connectivity index (χ0v) is 11.8. The SMILES string of the molecule is CNCc1ccc(S(=O)(=O)NC(C)CSC)o1. The van der Waals surface area contributed by atoms with Crippen molar-refractivity contribution in [3.63, 3.8) is 0 Å². The number of sulfonamides is 1. The van der Waals surface area contributed by atoms with Crippen LogP contribution in [-0.2, 0) is 16.6 Å². The zero-order valence-electron chi connectivity index (χ0n) is 10.2. The number of nitrogens with one attached hydrogen (secondary N) is 2. The lowest BCUT2D eigenvalue weighted by Crippen LogP contribution is -2.34. The van der Waals surface area contributed by atoms with E-state index in [4.69, 9.17) is 4.42 Å². The molecule has 0 bridgehead atoms. The van der Waals surface area contributed by atoms with Crippen LogP contribution in [0.1, 0.15) is 12.7 Å². The van der Waals surface area contributed by atoms with Gasteiger partial charge >= 0.3 is 0 Å². The summed E-state index contributed by atoms with van der Waals surface area (Å²) >= 11 is 1.59. The van der Waals surface area contributed by atoms with Crippen LogP contribution in [0.25, 0.3) is 0 Å². The van der Waals surface area contributed by atoms with Crippen molar-refractivity contribution in [3.8, 4) is 0 Å². The minimum absolute atomic E-state index is 0.0318. The Morgan fingerprint density at radius 2 is 2.18 bits per heavy atom. The number of hydrogen-bond donors (Lipinski definition) is 2. The Labute approximate surface area is 106 Å². The standard InChI is InChI=1S/C10H18N2O3S2/c1-8(7-16-3)12-17(13,14)10-5-4-9(15-10)6-11-2/h4-5,8,11-12H,6-7H2,1-3H3. The molecule has 1 atom stereocenters. The van der Waals surface area contributed by atoms with E-state index in [-0.39, 0.29) is 11.1 Å². The Bertz CT molecular complexity index is 442. The maximum Gasteiger partial charge on any atom is 0.274 e. The lowest BCUT2D eigenvalue weighted by Gasteiger charge is -2.11. The third-order valence-corrected chi connectivity index (χ3v) is 4.32. The monoisotopic (exact) mass is 278 g/mol. The predicted octanol–water partition coefficient (Wildman–Crippen LogP) is 1.03. The van der Waals surface area contributed by atoms with Gasteiger partial charge in [-0.25, -0.2) is 13.1 Å². The first kappa shape index (κ1) is 14.6. The van der Waals surface area contributed by atoms with Crippen LogP contribution < -0.4 is 10.0 Å². The molecule has 0 fully saturated rings. The van der Waals surface area contributed by atoms with Gasteiger partial charge in [0.15, 0.2) is 0 Å². The first-order valence-electron chi connectivity index (χ1n) is 5.24. The van der Waals surface area contributed by atoms with Crippen molar-refractivity contribution in [3.05, 3.63) is 17.9 Å². The minimum atomic E-state index is -3.54. The summed E-state index contributed by atoms with van der Waals surface area (Å²) in [5.41, 5.74) is 0. The molecule has 0 saturated carbocycles. The highest BCUT2D eigenvalue weighted by atomic mass is 32.2. The van der Waals surface area contributed by atoms with E-state index in [2.05, 4.69) is 10.0 Å². The normalized spacial score (nSPS) is 13.8. The molecule has 7 heteroatoms. The van der Waals surface area contributed by atoms with Gasteiger partial charge in [0, 0.05) is 11.8 Å². The van der Waals surface area contributed by atoms with Crippen LogP contribution >= 0.6 is 11.8 Å². The molecule has 0 aromatic carbocycles. The van der Waals surface area contributed by atoms with Crippen molar-refractivity contribution in [2.75, 3.05) is 19.1 Å². The topological polar surface area (TPSA) is 71.3 Å². The number of thioether (sulfide) groups is 1. The van der Waals surface area contributed by atoms with E-state index < -0.39 is 10.0 Å². The van der Waals surface area contributed by atoms with E-state index >= 15 is 0 Å². The molecular weight excluding hydrogens is 260 g/mol. The van der Waals surface area contributed by atoms with E-state index in [1.54, 1.807) is 24.9 Å². The molecule has 0 radical (unpaired) electrons. The van der Waals surface area contributed by atoms with Gasteiger partial charge in [-0.15, -0.1) is 0 Å². The molecule has 1 unspecified atom stereocenters. The second-order valence-corrected chi connectivity index (χ2v) is 6.28. The Hall–Kier alpha value is -0.500. The van der Waals surface area contributed by atoms with Crippen molar-refractivity contribution in [2.24, 2.45) is 0 Å². The summed E-state index contributed by atoms with van der Waals surface area (Å²) < 4.78 is 31.6. The van der Waals surface area contributed by atoms with Gasteiger partial charge in [-0.3, -0.25) is 0 Å². The van der Waals surface area contributed by atoms with E-state index in [1.165, 1.54) is 6.07 Å². The van der Waals surface area contributed by atoms with E-state index in [0.717, 1.165) is 5.75 Å². The summed E-state index contributed by atoms with van der Waals surface area (Å²) in [6.45, 7) is 2.33. The van der Waals surface area contributed by atoms with E-state index in [0.29, 0.717) is 12.3 Å². The minimum Gasteiger partial charge on any atom is -0.447 e. The number of rotatable bonds is 7. The van der Waals surface area contributed by atoms with Gasteiger partial charge in [0.2, 0.25) is 5.09 Å². The van der Waals surface area contributed by atoms with Crippen molar-refractivity contribution < 1.29 is 12.8 Å². The Kier molecular flexibility index (Phi) is 5.51. The summed E-state index contributed by atoms with van der Waals surface area (Å²) in [6, 6.07) is 3.01. The molecule has 0 spiro atoms. The first-order chi connectivity index (χ1) is 7.99. The number of hydrogen-bond acceptors (Lipinski definition) is 5. The summed E-state index contributed by atoms with van der Waals surface area (Å²) in [5, 5.41) is 2.87. The van der Waals surface area contributed by atoms with Crippen LogP contribution in [-0.4, -0.2) is 33.5 Å². The highest BCUT2D eigenvalue weighted by molar-refractivity contribution is 7.98. The Morgan fingerprint density at radius 3 is 2.76 bits per heavy atom. The highest BCUT2D eigenvalue weighted by Gasteiger charge is 2.20. The zero-order chi connectivity index (χ0) is 12.9. The molecular formula is C10H18N2O3S2. The maximum absolute atomic E-state index is 11.9. The third-order valence-electron chi connectivity index (χ3n) is 2.03. The lowest BCUT2D eigenvalue weighted by atomic mass is 10.4. The molecule has 0 aliphatic heterocycles. The Morgan fingerprint density at radius 1 is 1.47 bits per heavy atom. The fourth-order valence-electron chi connectivity index (χ4n) is 1.38. The van der Waals surface area contributed by atoms with Crippen molar-refractivity contribution >= 4 is 21.8 Å². The van der Waals surface area contributed by atoms with E-state index in [1.807, 2.05) is 13.2 Å². The second-order valence-electron chi connectivity index (χ2n) is 3.73. The molecule has 1 aromatic rings. The molecule has 1 rings (SSSR count). The summed E-state index contributed by atoms with van der Waals surface area (Å²) in [5.74, 6) is 1.33. The summed E-state index contributed by atoms with van der Waals surface area (Å²) in [6.07, 6.45) is 1.93. The van der Waals surface area contributed by atoms with Crippen LogP contribution in [0, 0.1) is 0 Å². The molecule has 1 aromatic heterocycles. The fraction of sp³-hybridized carbons (Fsp3) is 0.600. The molecule has 2 N–H and O–H groups in total. The van der Waals surface area contributed by atoms with Crippen LogP contribution in [0.4, 0.5) is 0 Å². The second kappa shape index (κ2) is 6.44. The van der Waals surface area contributed by atoms with Crippen molar-refractivity contribution in [2.45, 2.75) is 24.6 Å². The fourth-order valence-corrected chi connectivity index (χ4v) is 3.26.